The van der Waals surface area contributed by atoms with E-state index >= 15 is 0 Å². The van der Waals surface area contributed by atoms with Crippen LogP contribution in [0.25, 0.3) is 4.96 Å². The molecule has 0 aliphatic rings. The lowest BCUT2D eigenvalue weighted by molar-refractivity contribution is 0.170. The van der Waals surface area contributed by atoms with Crippen LogP contribution in [-0.2, 0) is 14.8 Å². The molecule has 6 nitrogen and oxygen atoms in total. The monoisotopic (exact) mass is 337 g/mol. The molecule has 0 bridgehead atoms. The minimum Gasteiger partial charge on any atom is -0.383 e. The average Bonchev–Trinajstić information content (AvgIpc) is 2.87. The van der Waals surface area contributed by atoms with Gasteiger partial charge in [-0.25, -0.2) is 13.4 Å². The molecule has 20 heavy (non-hydrogen) atoms. The standard InChI is InChI=1S/C11H16ClN3O3S2/c1-8(2)15(4-6-18-3)20(16,17)10-9(12)13-11-14(10)5-7-19-11/h5,7-8H,4,6H2,1-3H3. The van der Waals surface area contributed by atoms with Crippen LogP contribution in [0, 0.1) is 0 Å². The molecule has 0 saturated heterocycles. The summed E-state index contributed by atoms with van der Waals surface area (Å²) in [6.45, 7) is 4.21. The zero-order valence-electron chi connectivity index (χ0n) is 11.4. The van der Waals surface area contributed by atoms with Crippen molar-refractivity contribution >= 4 is 37.9 Å². The van der Waals surface area contributed by atoms with E-state index in [9.17, 15) is 8.42 Å². The maximum absolute atomic E-state index is 12.8. The van der Waals surface area contributed by atoms with E-state index in [1.165, 1.54) is 27.2 Å². The Kier molecular flexibility index (Phi) is 4.70. The van der Waals surface area contributed by atoms with E-state index in [1.54, 1.807) is 11.6 Å². The largest absolute Gasteiger partial charge is 0.383 e. The minimum absolute atomic E-state index is 0.0000770. The fourth-order valence-electron chi connectivity index (χ4n) is 1.92. The van der Waals surface area contributed by atoms with Gasteiger partial charge in [0.05, 0.1) is 6.61 Å². The first-order valence-electron chi connectivity index (χ1n) is 6.01. The van der Waals surface area contributed by atoms with Gasteiger partial charge in [0.1, 0.15) is 0 Å². The molecule has 0 atom stereocenters. The van der Waals surface area contributed by atoms with Gasteiger partial charge >= 0.3 is 0 Å². The summed E-state index contributed by atoms with van der Waals surface area (Å²) in [4.78, 5) is 4.63. The Morgan fingerprint density at radius 2 is 2.25 bits per heavy atom. The number of fused-ring (bicyclic) bond motifs is 1. The Morgan fingerprint density at radius 1 is 1.55 bits per heavy atom. The highest BCUT2D eigenvalue weighted by Gasteiger charge is 2.32. The summed E-state index contributed by atoms with van der Waals surface area (Å²) >= 11 is 7.35. The number of halogens is 1. The summed E-state index contributed by atoms with van der Waals surface area (Å²) in [5, 5.41) is 1.78. The maximum atomic E-state index is 12.8. The van der Waals surface area contributed by atoms with Gasteiger partial charge in [-0.3, -0.25) is 4.40 Å². The number of hydrogen-bond donors (Lipinski definition) is 0. The van der Waals surface area contributed by atoms with Crippen LogP contribution in [0.4, 0.5) is 0 Å². The van der Waals surface area contributed by atoms with Crippen molar-refractivity contribution in [3.63, 3.8) is 0 Å². The first-order valence-corrected chi connectivity index (χ1v) is 8.71. The van der Waals surface area contributed by atoms with Crippen LogP contribution in [0.2, 0.25) is 5.15 Å². The van der Waals surface area contributed by atoms with Crippen LogP contribution in [-0.4, -0.2) is 48.4 Å². The zero-order valence-corrected chi connectivity index (χ0v) is 13.8. The van der Waals surface area contributed by atoms with Crippen LogP contribution >= 0.6 is 22.9 Å². The van der Waals surface area contributed by atoms with Crippen LogP contribution in [0.15, 0.2) is 16.6 Å². The van der Waals surface area contributed by atoms with Crippen molar-refractivity contribution in [3.05, 3.63) is 16.7 Å². The summed E-state index contributed by atoms with van der Waals surface area (Å²) in [5.41, 5.74) is 0. The van der Waals surface area contributed by atoms with E-state index in [0.29, 0.717) is 11.6 Å². The lowest BCUT2D eigenvalue weighted by Crippen LogP contribution is -2.39. The second-order valence-corrected chi connectivity index (χ2v) is 7.50. The number of ether oxygens (including phenoxy) is 1. The molecule has 0 spiro atoms. The van der Waals surface area contributed by atoms with Crippen molar-refractivity contribution in [1.82, 2.24) is 13.7 Å². The number of rotatable bonds is 6. The molecule has 0 aliphatic heterocycles. The third kappa shape index (κ3) is 2.71. The first kappa shape index (κ1) is 15.7. The highest BCUT2D eigenvalue weighted by atomic mass is 35.5. The fraction of sp³-hybridized carbons (Fsp3) is 0.545. The van der Waals surface area contributed by atoms with Crippen molar-refractivity contribution in [2.24, 2.45) is 0 Å². The molecule has 2 aromatic heterocycles. The molecule has 0 amide bonds. The molecule has 0 aliphatic carbocycles. The van der Waals surface area contributed by atoms with Gasteiger partial charge < -0.3 is 4.74 Å². The molecule has 0 radical (unpaired) electrons. The number of hydrogen-bond acceptors (Lipinski definition) is 5. The van der Waals surface area contributed by atoms with Gasteiger partial charge in [-0.2, -0.15) is 4.31 Å². The van der Waals surface area contributed by atoms with Gasteiger partial charge in [0.2, 0.25) is 0 Å². The topological polar surface area (TPSA) is 63.9 Å². The van der Waals surface area contributed by atoms with E-state index < -0.39 is 10.0 Å². The molecule has 0 fully saturated rings. The van der Waals surface area contributed by atoms with E-state index in [1.807, 2.05) is 13.8 Å². The first-order chi connectivity index (χ1) is 9.39. The summed E-state index contributed by atoms with van der Waals surface area (Å²) in [6, 6.07) is -0.199. The van der Waals surface area contributed by atoms with Gasteiger partial charge in [0, 0.05) is 31.3 Å². The highest BCUT2D eigenvalue weighted by molar-refractivity contribution is 7.89. The molecular formula is C11H16ClN3O3S2. The molecular weight excluding hydrogens is 322 g/mol. The second-order valence-electron chi connectivity index (χ2n) is 4.47. The summed E-state index contributed by atoms with van der Waals surface area (Å²) in [7, 11) is -2.19. The quantitative estimate of drug-likeness (QED) is 0.809. The lowest BCUT2D eigenvalue weighted by atomic mass is 10.4. The third-order valence-corrected chi connectivity index (χ3v) is 6.06. The molecule has 0 N–H and O–H groups in total. The fourth-order valence-corrected chi connectivity index (χ4v) is 4.95. The Balaban J connectivity index is 2.52. The van der Waals surface area contributed by atoms with Gasteiger partial charge in [0.25, 0.3) is 10.0 Å². The van der Waals surface area contributed by atoms with Crippen molar-refractivity contribution in [2.75, 3.05) is 20.3 Å². The molecule has 2 rings (SSSR count). The van der Waals surface area contributed by atoms with Gasteiger partial charge in [-0.15, -0.1) is 11.3 Å². The van der Waals surface area contributed by atoms with Crippen molar-refractivity contribution < 1.29 is 13.2 Å². The number of sulfonamides is 1. The summed E-state index contributed by atoms with van der Waals surface area (Å²) in [6.07, 6.45) is 1.65. The van der Waals surface area contributed by atoms with Gasteiger partial charge in [-0.05, 0) is 13.8 Å². The molecule has 0 unspecified atom stereocenters. The Morgan fingerprint density at radius 3 is 2.85 bits per heavy atom. The van der Waals surface area contributed by atoms with Gasteiger partial charge in [-0.1, -0.05) is 11.6 Å². The Bertz CT molecular complexity index is 693. The predicted molar refractivity (Wildman–Crippen MR) is 79.0 cm³/mol. The Labute approximate surface area is 127 Å². The van der Waals surface area contributed by atoms with Crippen molar-refractivity contribution in [2.45, 2.75) is 24.9 Å². The van der Waals surface area contributed by atoms with Gasteiger partial charge in [0.15, 0.2) is 15.1 Å². The maximum Gasteiger partial charge on any atom is 0.262 e. The van der Waals surface area contributed by atoms with Crippen LogP contribution in [0.1, 0.15) is 13.8 Å². The van der Waals surface area contributed by atoms with Crippen LogP contribution in [0.3, 0.4) is 0 Å². The normalized spacial score (nSPS) is 12.9. The molecule has 0 saturated carbocycles. The zero-order chi connectivity index (χ0) is 14.9. The minimum atomic E-state index is -3.73. The van der Waals surface area contributed by atoms with Crippen molar-refractivity contribution in [1.29, 1.82) is 0 Å². The number of imidazole rings is 1. The van der Waals surface area contributed by atoms with Crippen LogP contribution in [0.5, 0.6) is 0 Å². The van der Waals surface area contributed by atoms with E-state index in [0.717, 1.165) is 0 Å². The average molecular weight is 338 g/mol. The SMILES string of the molecule is COCCN(C(C)C)S(=O)(=O)c1c(Cl)nc2sccn12. The van der Waals surface area contributed by atoms with E-state index in [-0.39, 0.29) is 22.8 Å². The lowest BCUT2D eigenvalue weighted by Gasteiger charge is -2.25. The van der Waals surface area contributed by atoms with Crippen LogP contribution < -0.4 is 0 Å². The Hall–Kier alpha value is -0.670. The molecule has 9 heteroatoms. The summed E-state index contributed by atoms with van der Waals surface area (Å²) < 4.78 is 33.5. The number of thiazole rings is 1. The highest BCUT2D eigenvalue weighted by Crippen LogP contribution is 2.28. The smallest absolute Gasteiger partial charge is 0.262 e. The van der Waals surface area contributed by atoms with Crippen molar-refractivity contribution in [3.8, 4) is 0 Å². The molecule has 0 aromatic carbocycles. The number of nitrogens with zero attached hydrogens (tertiary/aromatic N) is 3. The third-order valence-electron chi connectivity index (χ3n) is 2.82. The molecule has 112 valence electrons. The number of methoxy groups -OCH3 is 1. The van der Waals surface area contributed by atoms with E-state index in [4.69, 9.17) is 16.3 Å². The second kappa shape index (κ2) is 5.98. The summed E-state index contributed by atoms with van der Waals surface area (Å²) in [5.74, 6) is 0. The molecule has 2 heterocycles. The predicted octanol–water partition coefficient (Wildman–Crippen LogP) is 2.09. The molecule has 2 aromatic rings. The van der Waals surface area contributed by atoms with E-state index in [2.05, 4.69) is 4.98 Å². The number of aromatic nitrogens is 2.